The number of hydrogen-bond acceptors (Lipinski definition) is 7. The molecular formula is C23H35ClN4O5. The van der Waals surface area contributed by atoms with Gasteiger partial charge in [0, 0.05) is 52.4 Å². The molecule has 3 rings (SSSR count). The Morgan fingerprint density at radius 1 is 1.27 bits per heavy atom. The lowest BCUT2D eigenvalue weighted by Gasteiger charge is -2.38. The van der Waals surface area contributed by atoms with Gasteiger partial charge in [0.25, 0.3) is 5.91 Å². The number of rotatable bonds is 9. The average Bonchev–Trinajstić information content (AvgIpc) is 2.81. The Morgan fingerprint density at radius 3 is 2.73 bits per heavy atom. The van der Waals surface area contributed by atoms with Gasteiger partial charge >= 0.3 is 0 Å². The minimum Gasteiger partial charge on any atom is -0.493 e. The van der Waals surface area contributed by atoms with Crippen LogP contribution in [0.4, 0.5) is 5.69 Å². The zero-order valence-corrected chi connectivity index (χ0v) is 20.2. The number of halogens is 1. The van der Waals surface area contributed by atoms with Gasteiger partial charge in [0.1, 0.15) is 12.4 Å². The maximum absolute atomic E-state index is 12.8. The number of carbonyl (C=O) groups excluding carboxylic acids is 2. The van der Waals surface area contributed by atoms with E-state index in [4.69, 9.17) is 31.5 Å². The summed E-state index contributed by atoms with van der Waals surface area (Å²) in [5, 5.41) is 3.26. The number of morpholine rings is 1. The molecule has 2 saturated heterocycles. The number of nitrogens with one attached hydrogen (secondary N) is 1. The molecule has 1 aromatic carbocycles. The van der Waals surface area contributed by atoms with Gasteiger partial charge < -0.3 is 30.2 Å². The van der Waals surface area contributed by atoms with Crippen LogP contribution in [0, 0.1) is 5.92 Å². The predicted octanol–water partition coefficient (Wildman–Crippen LogP) is 1.64. The van der Waals surface area contributed by atoms with Crippen molar-refractivity contribution in [1.29, 1.82) is 0 Å². The first-order valence-corrected chi connectivity index (χ1v) is 11.9. The molecule has 2 aliphatic heterocycles. The third-order valence-corrected chi connectivity index (χ3v) is 6.44. The van der Waals surface area contributed by atoms with Crippen molar-refractivity contribution < 1.29 is 23.8 Å². The standard InChI is InChI=1S/C23H35ClN4O5/c1-3-32-21-11-20(25)19(24)10-18(21)23(30)26-12-17-14-27(8-9-33-17)13-16-4-6-28(7-5-16)22(29)15-31-2/h10-11,16-17H,3-9,12-15,25H2,1-2H3,(H,26,30). The number of hydrogen-bond donors (Lipinski definition) is 2. The van der Waals surface area contributed by atoms with Gasteiger partial charge in [-0.25, -0.2) is 0 Å². The number of carbonyl (C=O) groups is 2. The first-order valence-electron chi connectivity index (χ1n) is 11.5. The second-order valence-electron chi connectivity index (χ2n) is 8.52. The molecule has 2 amide bonds. The van der Waals surface area contributed by atoms with E-state index in [0.29, 0.717) is 47.7 Å². The Kier molecular flexibility index (Phi) is 9.61. The van der Waals surface area contributed by atoms with Crippen molar-refractivity contribution in [2.24, 2.45) is 5.92 Å². The second-order valence-corrected chi connectivity index (χ2v) is 8.93. The second kappa shape index (κ2) is 12.4. The lowest BCUT2D eigenvalue weighted by Crippen LogP contribution is -2.50. The lowest BCUT2D eigenvalue weighted by atomic mass is 9.95. The van der Waals surface area contributed by atoms with E-state index in [1.807, 2.05) is 11.8 Å². The fourth-order valence-electron chi connectivity index (χ4n) is 4.34. The molecular weight excluding hydrogens is 448 g/mol. The zero-order chi connectivity index (χ0) is 23.8. The zero-order valence-electron chi connectivity index (χ0n) is 19.5. The molecule has 184 valence electrons. The molecule has 0 aliphatic carbocycles. The highest BCUT2D eigenvalue weighted by atomic mass is 35.5. The van der Waals surface area contributed by atoms with E-state index in [2.05, 4.69) is 10.2 Å². The smallest absolute Gasteiger partial charge is 0.255 e. The van der Waals surface area contributed by atoms with Gasteiger partial charge in [-0.15, -0.1) is 0 Å². The number of benzene rings is 1. The predicted molar refractivity (Wildman–Crippen MR) is 127 cm³/mol. The molecule has 0 aromatic heterocycles. The van der Waals surface area contributed by atoms with Crippen LogP contribution in [0.5, 0.6) is 5.75 Å². The minimum atomic E-state index is -0.269. The summed E-state index contributed by atoms with van der Waals surface area (Å²) in [7, 11) is 1.55. The van der Waals surface area contributed by atoms with E-state index in [1.165, 1.54) is 6.07 Å². The quantitative estimate of drug-likeness (QED) is 0.515. The number of nitrogen functional groups attached to an aromatic ring is 1. The molecule has 1 unspecified atom stereocenters. The number of anilines is 1. The van der Waals surface area contributed by atoms with Gasteiger partial charge in [0.15, 0.2) is 0 Å². The Bertz CT molecular complexity index is 816. The van der Waals surface area contributed by atoms with E-state index in [-0.39, 0.29) is 24.5 Å². The third-order valence-electron chi connectivity index (χ3n) is 6.11. The van der Waals surface area contributed by atoms with E-state index in [1.54, 1.807) is 13.2 Å². The normalized spacial score (nSPS) is 20.0. The highest BCUT2D eigenvalue weighted by Gasteiger charge is 2.27. The van der Waals surface area contributed by atoms with Crippen molar-refractivity contribution in [3.05, 3.63) is 22.7 Å². The van der Waals surface area contributed by atoms with E-state index in [0.717, 1.165) is 45.6 Å². The summed E-state index contributed by atoms with van der Waals surface area (Å²) in [6.07, 6.45) is 1.89. The van der Waals surface area contributed by atoms with Crippen LogP contribution in [-0.4, -0.2) is 93.9 Å². The summed E-state index contributed by atoms with van der Waals surface area (Å²) in [5.74, 6) is 0.760. The van der Waals surface area contributed by atoms with Gasteiger partial charge in [0.2, 0.25) is 5.91 Å². The summed E-state index contributed by atoms with van der Waals surface area (Å²) >= 11 is 6.11. The van der Waals surface area contributed by atoms with Crippen molar-refractivity contribution in [3.8, 4) is 5.75 Å². The molecule has 10 heteroatoms. The van der Waals surface area contributed by atoms with Crippen molar-refractivity contribution in [3.63, 3.8) is 0 Å². The van der Waals surface area contributed by atoms with Crippen LogP contribution in [0.2, 0.25) is 5.02 Å². The summed E-state index contributed by atoms with van der Waals surface area (Å²) in [6, 6.07) is 3.11. The number of nitrogens with zero attached hydrogens (tertiary/aromatic N) is 2. The fourth-order valence-corrected chi connectivity index (χ4v) is 4.50. The van der Waals surface area contributed by atoms with Gasteiger partial charge in [-0.2, -0.15) is 0 Å². The van der Waals surface area contributed by atoms with Crippen LogP contribution in [0.25, 0.3) is 0 Å². The van der Waals surface area contributed by atoms with Crippen LogP contribution in [-0.2, 0) is 14.3 Å². The summed E-state index contributed by atoms with van der Waals surface area (Å²) in [6.45, 7) is 7.60. The Labute approximate surface area is 200 Å². The van der Waals surface area contributed by atoms with Crippen LogP contribution in [0.1, 0.15) is 30.1 Å². The largest absolute Gasteiger partial charge is 0.493 e. The molecule has 2 fully saturated rings. The van der Waals surface area contributed by atoms with Crippen molar-refractivity contribution >= 4 is 29.1 Å². The van der Waals surface area contributed by atoms with Gasteiger partial charge in [-0.1, -0.05) is 11.6 Å². The molecule has 2 aliphatic rings. The SMILES string of the molecule is CCOc1cc(N)c(Cl)cc1C(=O)NCC1CN(CC2CCN(C(=O)COC)CC2)CCO1. The van der Waals surface area contributed by atoms with Crippen LogP contribution in [0.3, 0.4) is 0 Å². The Morgan fingerprint density at radius 2 is 2.03 bits per heavy atom. The molecule has 1 atom stereocenters. The van der Waals surface area contributed by atoms with Crippen molar-refractivity contribution in [2.45, 2.75) is 25.9 Å². The number of ether oxygens (including phenoxy) is 3. The molecule has 9 nitrogen and oxygen atoms in total. The maximum atomic E-state index is 12.8. The fraction of sp³-hybridized carbons (Fsp3) is 0.652. The van der Waals surface area contributed by atoms with Crippen LogP contribution >= 0.6 is 11.6 Å². The van der Waals surface area contributed by atoms with Crippen molar-refractivity contribution in [1.82, 2.24) is 15.1 Å². The highest BCUT2D eigenvalue weighted by Crippen LogP contribution is 2.29. The Hall–Kier alpha value is -2.07. The van der Waals surface area contributed by atoms with Gasteiger partial charge in [-0.05, 0) is 31.7 Å². The molecule has 33 heavy (non-hydrogen) atoms. The molecule has 2 heterocycles. The minimum absolute atomic E-state index is 0.0630. The van der Waals surface area contributed by atoms with Crippen molar-refractivity contribution in [2.75, 3.05) is 71.9 Å². The number of methoxy groups -OCH3 is 1. The molecule has 0 bridgehead atoms. The summed E-state index contributed by atoms with van der Waals surface area (Å²) < 4.78 is 16.4. The van der Waals surface area contributed by atoms with Gasteiger partial charge in [0.05, 0.1) is 35.6 Å². The number of nitrogens with two attached hydrogens (primary N) is 1. The first-order chi connectivity index (χ1) is 15.9. The van der Waals surface area contributed by atoms with E-state index >= 15 is 0 Å². The lowest BCUT2D eigenvalue weighted by molar-refractivity contribution is -0.136. The van der Waals surface area contributed by atoms with Gasteiger partial charge in [-0.3, -0.25) is 14.5 Å². The summed E-state index contributed by atoms with van der Waals surface area (Å²) in [5.41, 5.74) is 6.58. The van der Waals surface area contributed by atoms with Crippen LogP contribution in [0.15, 0.2) is 12.1 Å². The maximum Gasteiger partial charge on any atom is 0.255 e. The number of amides is 2. The Balaban J connectivity index is 1.46. The molecule has 0 saturated carbocycles. The number of likely N-dealkylation sites (tertiary alicyclic amines) is 1. The monoisotopic (exact) mass is 482 g/mol. The molecule has 1 aromatic rings. The molecule has 3 N–H and O–H groups in total. The van der Waals surface area contributed by atoms with E-state index in [9.17, 15) is 9.59 Å². The molecule has 0 spiro atoms. The third kappa shape index (κ3) is 7.20. The van der Waals surface area contributed by atoms with E-state index < -0.39 is 0 Å². The average molecular weight is 483 g/mol. The molecule has 0 radical (unpaired) electrons. The highest BCUT2D eigenvalue weighted by molar-refractivity contribution is 6.33. The summed E-state index contributed by atoms with van der Waals surface area (Å²) in [4.78, 5) is 29.0. The van der Waals surface area contributed by atoms with Crippen LogP contribution < -0.4 is 15.8 Å². The number of piperidine rings is 1. The first kappa shape index (κ1) is 25.6. The topological polar surface area (TPSA) is 106 Å².